The van der Waals surface area contributed by atoms with E-state index in [0.29, 0.717) is 76.8 Å². The van der Waals surface area contributed by atoms with Gasteiger partial charge in [0.05, 0.1) is 35.9 Å². The topological polar surface area (TPSA) is 224 Å². The van der Waals surface area contributed by atoms with Gasteiger partial charge in [-0.2, -0.15) is 0 Å². The third-order valence-electron chi connectivity index (χ3n) is 14.5. The fraction of sp³-hybridized carbons (Fsp3) is 0.469. The number of amides is 4. The lowest BCUT2D eigenvalue weighted by atomic mass is 9.82. The number of carbonyl (C=O) groups excluding carboxylic acids is 2. The second-order valence-corrected chi connectivity index (χ2v) is 18.2. The number of carbonyl (C=O) groups is 4. The molecular formula is C49H56N8O9. The van der Waals surface area contributed by atoms with Crippen molar-refractivity contribution in [3.8, 4) is 34.0 Å². The van der Waals surface area contributed by atoms with Gasteiger partial charge in [0.25, 0.3) is 0 Å². The minimum Gasteiger partial charge on any atom is -0.465 e. The molecule has 4 fully saturated rings. The molecule has 17 nitrogen and oxygen atoms in total. The van der Waals surface area contributed by atoms with Gasteiger partial charge in [-0.15, -0.1) is 0 Å². The van der Waals surface area contributed by atoms with Gasteiger partial charge in [-0.1, -0.05) is 37.3 Å². The van der Waals surface area contributed by atoms with E-state index >= 15 is 0 Å². The Hall–Kier alpha value is -6.46. The van der Waals surface area contributed by atoms with Crippen LogP contribution in [0.3, 0.4) is 0 Å². The molecule has 5 aromatic rings. The largest absolute Gasteiger partial charge is 0.465 e. The predicted octanol–water partition coefficient (Wildman–Crippen LogP) is 7.72. The highest BCUT2D eigenvalue weighted by molar-refractivity contribution is 5.93. The van der Waals surface area contributed by atoms with Crippen molar-refractivity contribution in [2.45, 2.75) is 94.8 Å². The molecule has 10 rings (SSSR count). The summed E-state index contributed by atoms with van der Waals surface area (Å²) >= 11 is 0. The van der Waals surface area contributed by atoms with E-state index in [4.69, 9.17) is 24.2 Å². The van der Waals surface area contributed by atoms with Crippen LogP contribution in [0.4, 0.5) is 9.59 Å². The molecule has 66 heavy (non-hydrogen) atoms. The molecule has 17 heteroatoms. The second-order valence-electron chi connectivity index (χ2n) is 18.2. The number of H-pyrrole nitrogens is 2. The molecule has 5 atom stereocenters. The molecule has 0 aliphatic carbocycles. The molecule has 346 valence electrons. The van der Waals surface area contributed by atoms with Crippen molar-refractivity contribution in [3.05, 3.63) is 83.7 Å². The molecule has 7 heterocycles. The normalized spacial score (nSPS) is 22.0. The second kappa shape index (κ2) is 18.4. The summed E-state index contributed by atoms with van der Waals surface area (Å²) in [6, 6.07) is 14.5. The molecule has 2 aromatic heterocycles. The number of carboxylic acid groups (broad SMARTS) is 2. The Bertz CT molecular complexity index is 2630. The van der Waals surface area contributed by atoms with Crippen molar-refractivity contribution in [1.82, 2.24) is 40.4 Å². The number of hydrogen-bond acceptors (Lipinski definition) is 9. The van der Waals surface area contributed by atoms with Gasteiger partial charge in [0.2, 0.25) is 11.8 Å². The van der Waals surface area contributed by atoms with Gasteiger partial charge in [0.1, 0.15) is 35.2 Å². The summed E-state index contributed by atoms with van der Waals surface area (Å²) in [4.78, 5) is 71.5. The number of fused-ring (bicyclic) bond motifs is 4. The number of rotatable bonds is 11. The third kappa shape index (κ3) is 8.34. The summed E-state index contributed by atoms with van der Waals surface area (Å²) in [5, 5.41) is 26.4. The van der Waals surface area contributed by atoms with Gasteiger partial charge in [0, 0.05) is 67.7 Å². The van der Waals surface area contributed by atoms with Gasteiger partial charge >= 0.3 is 12.2 Å². The molecule has 0 bridgehead atoms. The Labute approximate surface area is 381 Å². The maximum atomic E-state index is 13.9. The summed E-state index contributed by atoms with van der Waals surface area (Å²) in [6.45, 7) is 5.28. The SMILES string of the molecule is CCC1c2ccc(-c3cnc([C@@H]4CCCN4C(=O)C(NC(=O)O)C4CCOCC4)[nH]3)cc2Oc2ccc3cc(-c4cnc([C@@H]5CCCN5C(=O)C(NC(=O)O)C5CCOCC5)[nH]4)ccc3c21. The molecule has 6 N–H and O–H groups in total. The van der Waals surface area contributed by atoms with E-state index in [-0.39, 0.29) is 41.7 Å². The molecule has 3 unspecified atom stereocenters. The summed E-state index contributed by atoms with van der Waals surface area (Å²) < 4.78 is 17.7. The molecule has 3 aromatic carbocycles. The lowest BCUT2D eigenvalue weighted by Crippen LogP contribution is -2.52. The zero-order valence-electron chi connectivity index (χ0n) is 37.0. The van der Waals surface area contributed by atoms with Gasteiger partial charge in [-0.25, -0.2) is 19.6 Å². The van der Waals surface area contributed by atoms with Crippen molar-refractivity contribution in [2.24, 2.45) is 11.8 Å². The van der Waals surface area contributed by atoms with Crippen LogP contribution in [0.25, 0.3) is 33.3 Å². The summed E-state index contributed by atoms with van der Waals surface area (Å²) in [5.41, 5.74) is 5.72. The van der Waals surface area contributed by atoms with E-state index < -0.39 is 24.3 Å². The molecule has 5 aliphatic heterocycles. The number of nitrogens with one attached hydrogen (secondary N) is 4. The van der Waals surface area contributed by atoms with Crippen LogP contribution < -0.4 is 15.4 Å². The highest BCUT2D eigenvalue weighted by Gasteiger charge is 2.42. The molecule has 0 saturated carbocycles. The number of aromatic nitrogens is 4. The average molecular weight is 901 g/mol. The van der Waals surface area contributed by atoms with Crippen molar-refractivity contribution in [3.63, 3.8) is 0 Å². The Morgan fingerprint density at radius 2 is 1.23 bits per heavy atom. The first-order chi connectivity index (χ1) is 32.1. The van der Waals surface area contributed by atoms with E-state index in [0.717, 1.165) is 88.0 Å². The van der Waals surface area contributed by atoms with Crippen LogP contribution in [0.2, 0.25) is 0 Å². The molecule has 4 saturated heterocycles. The quantitative estimate of drug-likeness (QED) is 0.0753. The van der Waals surface area contributed by atoms with Crippen LogP contribution in [-0.2, 0) is 19.1 Å². The number of ether oxygens (including phenoxy) is 3. The lowest BCUT2D eigenvalue weighted by Gasteiger charge is -2.33. The van der Waals surface area contributed by atoms with E-state index in [1.165, 1.54) is 0 Å². The first-order valence-electron chi connectivity index (χ1n) is 23.4. The first kappa shape index (κ1) is 43.4. The summed E-state index contributed by atoms with van der Waals surface area (Å²) in [7, 11) is 0. The molecular weight excluding hydrogens is 845 g/mol. The zero-order valence-corrected chi connectivity index (χ0v) is 37.0. The number of nitrogens with zero attached hydrogens (tertiary/aromatic N) is 4. The summed E-state index contributed by atoms with van der Waals surface area (Å²) in [6.07, 6.45) is 7.58. The van der Waals surface area contributed by atoms with E-state index in [9.17, 15) is 29.4 Å². The lowest BCUT2D eigenvalue weighted by molar-refractivity contribution is -0.137. The minimum absolute atomic E-state index is 0.0797. The molecule has 5 aliphatic rings. The minimum atomic E-state index is -1.21. The molecule has 0 spiro atoms. The van der Waals surface area contributed by atoms with Crippen LogP contribution in [0, 0.1) is 11.8 Å². The van der Waals surface area contributed by atoms with Crippen molar-refractivity contribution < 1.29 is 43.6 Å². The van der Waals surface area contributed by atoms with Crippen molar-refractivity contribution in [1.29, 1.82) is 0 Å². The number of aromatic amines is 2. The standard InChI is InChI=1S/C49H56N8O9/c1-2-32-34-11-8-31(36-26-51-45(53-36)38-6-4-18-57(38)47(59)43(55-49(62)63)28-15-21-65-22-16-28)24-40(34)66-39-12-9-29-23-30(7-10-33(29)41(32)39)35-25-50-44(52-35)37-5-3-17-56(37)46(58)42(54-48(60)61)27-13-19-64-20-14-27/h7-12,23-28,32,37-38,42-43,54-55H,2-6,13-22H2,1H3,(H,50,52)(H,51,53)(H,60,61)(H,62,63)/t32?,37-,38-,42?,43?/m0/s1. The monoisotopic (exact) mass is 900 g/mol. The van der Waals surface area contributed by atoms with Crippen LogP contribution in [0.5, 0.6) is 11.5 Å². The van der Waals surface area contributed by atoms with Crippen LogP contribution in [-0.4, -0.2) is 116 Å². The van der Waals surface area contributed by atoms with Crippen LogP contribution in [0.15, 0.2) is 60.9 Å². The highest BCUT2D eigenvalue weighted by atomic mass is 16.5. The Morgan fingerprint density at radius 3 is 1.76 bits per heavy atom. The van der Waals surface area contributed by atoms with Crippen LogP contribution >= 0.6 is 0 Å². The number of likely N-dealkylation sites (tertiary alicyclic amines) is 2. The maximum Gasteiger partial charge on any atom is 0.405 e. The van der Waals surface area contributed by atoms with E-state index in [2.05, 4.69) is 63.9 Å². The van der Waals surface area contributed by atoms with Gasteiger partial charge < -0.3 is 54.8 Å². The number of benzene rings is 3. The fourth-order valence-electron chi connectivity index (χ4n) is 11.1. The highest BCUT2D eigenvalue weighted by Crippen LogP contribution is 2.50. The zero-order chi connectivity index (χ0) is 45.5. The average Bonchev–Trinajstić information content (AvgIpc) is 4.19. The van der Waals surface area contributed by atoms with Gasteiger partial charge in [0.15, 0.2) is 0 Å². The molecule has 0 radical (unpaired) electrons. The smallest absolute Gasteiger partial charge is 0.405 e. The fourth-order valence-corrected chi connectivity index (χ4v) is 11.1. The first-order valence-corrected chi connectivity index (χ1v) is 23.4. The third-order valence-corrected chi connectivity index (χ3v) is 14.5. The van der Waals surface area contributed by atoms with E-state index in [1.54, 1.807) is 16.0 Å². The van der Waals surface area contributed by atoms with Crippen molar-refractivity contribution in [2.75, 3.05) is 39.5 Å². The predicted molar refractivity (Wildman–Crippen MR) is 242 cm³/mol. The van der Waals surface area contributed by atoms with Crippen LogP contribution in [0.1, 0.15) is 105 Å². The van der Waals surface area contributed by atoms with Gasteiger partial charge in [-0.05, 0) is 98.6 Å². The Kier molecular flexibility index (Phi) is 12.1. The summed E-state index contributed by atoms with van der Waals surface area (Å²) in [5.74, 6) is 2.34. The van der Waals surface area contributed by atoms with Crippen molar-refractivity contribution >= 4 is 34.8 Å². The Morgan fingerprint density at radius 1 is 0.697 bits per heavy atom. The van der Waals surface area contributed by atoms with E-state index in [1.807, 2.05) is 18.3 Å². The number of hydrogen-bond donors (Lipinski definition) is 6. The maximum absolute atomic E-state index is 13.9. The number of imidazole rings is 2. The van der Waals surface area contributed by atoms with Gasteiger partial charge in [-0.3, -0.25) is 9.59 Å². The molecule has 4 amide bonds. The Balaban J connectivity index is 0.857.